The summed E-state index contributed by atoms with van der Waals surface area (Å²) in [5, 5.41) is 14.3. The van der Waals surface area contributed by atoms with Crippen LogP contribution in [0.3, 0.4) is 0 Å². The molecule has 26 heavy (non-hydrogen) atoms. The SMILES string of the molecule is NS(=O)(=O)c1ccc(N2CSc3nnc(-c4ccc(F)cc4)n3C2)cc1. The number of aromatic nitrogens is 3. The van der Waals surface area contributed by atoms with Crippen molar-refractivity contribution < 1.29 is 12.8 Å². The fraction of sp³-hybridized carbons (Fsp3) is 0.125. The van der Waals surface area contributed by atoms with Gasteiger partial charge in [0.05, 0.1) is 17.4 Å². The molecular formula is C16H14FN5O2S2. The van der Waals surface area contributed by atoms with Crippen molar-refractivity contribution in [3.05, 3.63) is 54.3 Å². The molecule has 0 amide bonds. The van der Waals surface area contributed by atoms with Crippen molar-refractivity contribution >= 4 is 27.5 Å². The van der Waals surface area contributed by atoms with Crippen molar-refractivity contribution in [2.75, 3.05) is 10.8 Å². The van der Waals surface area contributed by atoms with Crippen molar-refractivity contribution in [2.45, 2.75) is 16.7 Å². The summed E-state index contributed by atoms with van der Waals surface area (Å²) in [5.41, 5.74) is 1.63. The molecule has 2 N–H and O–H groups in total. The van der Waals surface area contributed by atoms with Crippen LogP contribution >= 0.6 is 11.8 Å². The molecule has 2 heterocycles. The van der Waals surface area contributed by atoms with Crippen LogP contribution in [0, 0.1) is 5.82 Å². The van der Waals surface area contributed by atoms with Gasteiger partial charge in [0.2, 0.25) is 10.0 Å². The Kier molecular flexibility index (Phi) is 4.17. The van der Waals surface area contributed by atoms with E-state index in [2.05, 4.69) is 15.1 Å². The number of fused-ring (bicyclic) bond motifs is 1. The van der Waals surface area contributed by atoms with E-state index in [0.29, 0.717) is 18.4 Å². The van der Waals surface area contributed by atoms with E-state index < -0.39 is 10.0 Å². The van der Waals surface area contributed by atoms with E-state index in [1.165, 1.54) is 36.0 Å². The van der Waals surface area contributed by atoms with Crippen LogP contribution in [-0.4, -0.2) is 29.1 Å². The van der Waals surface area contributed by atoms with Gasteiger partial charge in [0, 0.05) is 11.3 Å². The number of rotatable bonds is 3. The van der Waals surface area contributed by atoms with Gasteiger partial charge < -0.3 is 4.90 Å². The largest absolute Gasteiger partial charge is 0.344 e. The lowest BCUT2D eigenvalue weighted by Crippen LogP contribution is -2.30. The van der Waals surface area contributed by atoms with Gasteiger partial charge in [-0.3, -0.25) is 4.57 Å². The number of benzene rings is 2. The molecule has 10 heteroatoms. The summed E-state index contributed by atoms with van der Waals surface area (Å²) in [6, 6.07) is 12.5. The molecule has 0 bridgehead atoms. The highest BCUT2D eigenvalue weighted by Crippen LogP contribution is 2.31. The quantitative estimate of drug-likeness (QED) is 0.736. The van der Waals surface area contributed by atoms with Crippen LogP contribution in [0.1, 0.15) is 0 Å². The Morgan fingerprint density at radius 2 is 1.73 bits per heavy atom. The lowest BCUT2D eigenvalue weighted by atomic mass is 10.2. The Morgan fingerprint density at radius 1 is 1.04 bits per heavy atom. The van der Waals surface area contributed by atoms with Crippen LogP contribution < -0.4 is 10.0 Å². The number of sulfonamides is 1. The van der Waals surface area contributed by atoms with Gasteiger partial charge in [0.15, 0.2) is 11.0 Å². The normalized spacial score (nSPS) is 14.3. The second-order valence-corrected chi connectivity index (χ2v) is 8.21. The number of primary sulfonamides is 1. The molecule has 1 aliphatic heterocycles. The molecule has 0 aliphatic carbocycles. The van der Waals surface area contributed by atoms with Crippen molar-refractivity contribution in [1.82, 2.24) is 14.8 Å². The predicted molar refractivity (Wildman–Crippen MR) is 96.4 cm³/mol. The van der Waals surface area contributed by atoms with Crippen molar-refractivity contribution in [2.24, 2.45) is 5.14 Å². The van der Waals surface area contributed by atoms with Crippen LogP contribution in [-0.2, 0) is 16.7 Å². The summed E-state index contributed by atoms with van der Waals surface area (Å²) in [4.78, 5) is 2.13. The van der Waals surface area contributed by atoms with E-state index in [1.54, 1.807) is 24.3 Å². The van der Waals surface area contributed by atoms with E-state index in [4.69, 9.17) is 5.14 Å². The summed E-state index contributed by atoms with van der Waals surface area (Å²) in [7, 11) is -3.72. The fourth-order valence-corrected chi connectivity index (χ4v) is 4.10. The summed E-state index contributed by atoms with van der Waals surface area (Å²) in [6.45, 7) is 0.497. The Hall–Kier alpha value is -2.43. The second-order valence-electron chi connectivity index (χ2n) is 5.73. The van der Waals surface area contributed by atoms with Gasteiger partial charge in [-0.25, -0.2) is 17.9 Å². The molecule has 3 aromatic rings. The third-order valence-electron chi connectivity index (χ3n) is 4.01. The molecule has 4 rings (SSSR count). The van der Waals surface area contributed by atoms with Crippen molar-refractivity contribution in [3.8, 4) is 11.4 Å². The maximum Gasteiger partial charge on any atom is 0.238 e. The van der Waals surface area contributed by atoms with Crippen molar-refractivity contribution in [1.29, 1.82) is 0 Å². The topological polar surface area (TPSA) is 94.1 Å². The van der Waals surface area contributed by atoms with Gasteiger partial charge in [-0.15, -0.1) is 10.2 Å². The van der Waals surface area contributed by atoms with Gasteiger partial charge in [-0.05, 0) is 48.5 Å². The van der Waals surface area contributed by atoms with E-state index in [9.17, 15) is 12.8 Å². The number of hydrogen-bond acceptors (Lipinski definition) is 6. The molecule has 0 unspecified atom stereocenters. The van der Waals surface area contributed by atoms with E-state index in [1.807, 2.05) is 4.57 Å². The summed E-state index contributed by atoms with van der Waals surface area (Å²) in [6.07, 6.45) is 0. The Morgan fingerprint density at radius 3 is 2.38 bits per heavy atom. The molecule has 0 saturated heterocycles. The maximum atomic E-state index is 13.2. The minimum Gasteiger partial charge on any atom is -0.344 e. The molecule has 0 spiro atoms. The smallest absolute Gasteiger partial charge is 0.238 e. The Labute approximate surface area is 153 Å². The highest BCUT2D eigenvalue weighted by atomic mass is 32.2. The highest BCUT2D eigenvalue weighted by Gasteiger charge is 2.23. The lowest BCUT2D eigenvalue weighted by molar-refractivity contribution is 0.597. The van der Waals surface area contributed by atoms with E-state index >= 15 is 0 Å². The van der Waals surface area contributed by atoms with E-state index in [-0.39, 0.29) is 10.7 Å². The first-order chi connectivity index (χ1) is 12.4. The first-order valence-electron chi connectivity index (χ1n) is 7.61. The molecule has 0 fully saturated rings. The number of halogens is 1. The Bertz CT molecular complexity index is 1050. The maximum absolute atomic E-state index is 13.2. The van der Waals surface area contributed by atoms with Crippen LogP contribution in [0.5, 0.6) is 0 Å². The standard InChI is InChI=1S/C16H14FN5O2S2/c17-12-3-1-11(2-4-12)15-19-20-16-22(15)9-21(10-25-16)13-5-7-14(8-6-13)26(18,23)24/h1-8H,9-10H2,(H2,18,23,24). The van der Waals surface area contributed by atoms with E-state index in [0.717, 1.165) is 16.4 Å². The third-order valence-corrected chi connectivity index (χ3v) is 5.94. The predicted octanol–water partition coefficient (Wildman–Crippen LogP) is 2.26. The number of anilines is 1. The number of thioether (sulfide) groups is 1. The highest BCUT2D eigenvalue weighted by molar-refractivity contribution is 7.99. The molecule has 0 saturated carbocycles. The number of nitrogens with two attached hydrogens (primary N) is 1. The van der Waals surface area contributed by atoms with Crippen LogP contribution in [0.4, 0.5) is 10.1 Å². The lowest BCUT2D eigenvalue weighted by Gasteiger charge is -2.29. The number of hydrogen-bond donors (Lipinski definition) is 1. The zero-order valence-corrected chi connectivity index (χ0v) is 15.0. The zero-order valence-electron chi connectivity index (χ0n) is 13.4. The first-order valence-corrected chi connectivity index (χ1v) is 10.1. The summed E-state index contributed by atoms with van der Waals surface area (Å²) < 4.78 is 37.9. The van der Waals surface area contributed by atoms with Gasteiger partial charge >= 0.3 is 0 Å². The van der Waals surface area contributed by atoms with Crippen LogP contribution in [0.2, 0.25) is 0 Å². The Balaban J connectivity index is 1.63. The van der Waals surface area contributed by atoms with Gasteiger partial charge in [0.25, 0.3) is 0 Å². The van der Waals surface area contributed by atoms with Crippen LogP contribution in [0.25, 0.3) is 11.4 Å². The van der Waals surface area contributed by atoms with Gasteiger partial charge in [0.1, 0.15) is 5.82 Å². The molecule has 1 aromatic heterocycles. The van der Waals surface area contributed by atoms with Gasteiger partial charge in [-0.2, -0.15) is 0 Å². The average molecular weight is 391 g/mol. The molecule has 0 radical (unpaired) electrons. The monoisotopic (exact) mass is 391 g/mol. The molecule has 0 atom stereocenters. The first kappa shape index (κ1) is 17.0. The zero-order chi connectivity index (χ0) is 18.3. The minimum atomic E-state index is -3.72. The second kappa shape index (κ2) is 6.38. The van der Waals surface area contributed by atoms with Crippen molar-refractivity contribution in [3.63, 3.8) is 0 Å². The summed E-state index contributed by atoms with van der Waals surface area (Å²) >= 11 is 1.52. The third kappa shape index (κ3) is 3.18. The molecule has 134 valence electrons. The minimum absolute atomic E-state index is 0.0721. The molecular weight excluding hydrogens is 377 g/mol. The molecule has 2 aromatic carbocycles. The fourth-order valence-electron chi connectivity index (χ4n) is 2.69. The summed E-state index contributed by atoms with van der Waals surface area (Å²) in [5.74, 6) is 0.993. The van der Waals surface area contributed by atoms with Crippen LogP contribution in [0.15, 0.2) is 58.6 Å². The number of nitrogens with zero attached hydrogens (tertiary/aromatic N) is 4. The molecule has 1 aliphatic rings. The molecule has 7 nitrogen and oxygen atoms in total. The average Bonchev–Trinajstić information content (AvgIpc) is 3.05. The van der Waals surface area contributed by atoms with Gasteiger partial charge in [-0.1, -0.05) is 11.8 Å².